The van der Waals surface area contributed by atoms with Crippen molar-refractivity contribution in [2.75, 3.05) is 33.2 Å². The first kappa shape index (κ1) is 22.4. The summed E-state index contributed by atoms with van der Waals surface area (Å²) in [5.74, 6) is -1.45. The number of nitrogens with zero attached hydrogens (tertiary/aromatic N) is 1. The highest BCUT2D eigenvalue weighted by atomic mass is 35.5. The Hall–Kier alpha value is -0.850. The van der Waals surface area contributed by atoms with E-state index in [4.69, 9.17) is 10.2 Å². The van der Waals surface area contributed by atoms with Crippen molar-refractivity contribution in [2.45, 2.75) is 33.1 Å². The van der Waals surface area contributed by atoms with Gasteiger partial charge in [-0.05, 0) is 58.9 Å². The van der Waals surface area contributed by atoms with Crippen LogP contribution in [0.5, 0.6) is 0 Å². The van der Waals surface area contributed by atoms with Gasteiger partial charge in [0.15, 0.2) is 0 Å². The van der Waals surface area contributed by atoms with Crippen LogP contribution in [0.2, 0.25) is 0 Å². The van der Waals surface area contributed by atoms with Crippen molar-refractivity contribution in [1.29, 1.82) is 0 Å². The van der Waals surface area contributed by atoms with Crippen molar-refractivity contribution in [3.8, 4) is 0 Å². The molecule has 0 aromatic heterocycles. The van der Waals surface area contributed by atoms with E-state index in [0.29, 0.717) is 0 Å². The van der Waals surface area contributed by atoms with Gasteiger partial charge in [-0.2, -0.15) is 0 Å². The Morgan fingerprint density at radius 2 is 1.33 bits per heavy atom. The second-order valence-electron chi connectivity index (χ2n) is 5.28. The van der Waals surface area contributed by atoms with Gasteiger partial charge in [0.1, 0.15) is 0 Å². The highest BCUT2D eigenvalue weighted by molar-refractivity contribution is 5.85. The molecule has 0 spiro atoms. The number of likely N-dealkylation sites (tertiary alicyclic amines) is 1. The summed E-state index contributed by atoms with van der Waals surface area (Å²) >= 11 is 0. The Morgan fingerprint density at radius 1 is 0.952 bits per heavy atom. The number of rotatable bonds is 2. The number of nitrogens with one attached hydrogen (secondary N) is 1. The van der Waals surface area contributed by atoms with Crippen LogP contribution in [0.4, 0.5) is 0 Å². The maximum absolute atomic E-state index is 10.4. The number of carboxylic acid groups (broad SMARTS) is 2. The van der Waals surface area contributed by atoms with Gasteiger partial charge < -0.3 is 20.4 Å². The standard InChI is InChI=1S/C7H13NO2.C6H11NO2.CH4.ClH/c1-8-4-2-6(3-5-8)7(9)10;8-6(9)5-1-3-7-4-2-5;;/h6H,2-5H2,1H3,(H,9,10);5,7H,1-4H2,(H,8,9);1H4;1H. The van der Waals surface area contributed by atoms with Crippen LogP contribution >= 0.6 is 12.4 Å². The van der Waals surface area contributed by atoms with Crippen LogP contribution in [0.15, 0.2) is 0 Å². The van der Waals surface area contributed by atoms with Crippen LogP contribution in [0.25, 0.3) is 0 Å². The zero-order chi connectivity index (χ0) is 14.3. The summed E-state index contributed by atoms with van der Waals surface area (Å²) in [5, 5.41) is 20.2. The highest BCUT2D eigenvalue weighted by Gasteiger charge is 2.22. The predicted molar refractivity (Wildman–Crippen MR) is 85.1 cm³/mol. The summed E-state index contributed by atoms with van der Waals surface area (Å²) in [6, 6.07) is 0. The number of carboxylic acids is 2. The van der Waals surface area contributed by atoms with Gasteiger partial charge in [0, 0.05) is 0 Å². The zero-order valence-corrected chi connectivity index (χ0v) is 12.7. The lowest BCUT2D eigenvalue weighted by atomic mass is 9.98. The topological polar surface area (TPSA) is 89.9 Å². The van der Waals surface area contributed by atoms with Crippen LogP contribution in [-0.2, 0) is 9.59 Å². The summed E-state index contributed by atoms with van der Waals surface area (Å²) in [6.45, 7) is 3.57. The van der Waals surface area contributed by atoms with E-state index in [9.17, 15) is 9.59 Å². The Kier molecular flexibility index (Phi) is 12.6. The number of halogens is 1. The van der Waals surface area contributed by atoms with Gasteiger partial charge >= 0.3 is 11.9 Å². The molecule has 0 radical (unpaired) electrons. The van der Waals surface area contributed by atoms with Crippen LogP contribution < -0.4 is 5.32 Å². The molecule has 21 heavy (non-hydrogen) atoms. The predicted octanol–water partition coefficient (Wildman–Crippen LogP) is 1.54. The molecule has 0 amide bonds. The molecule has 0 unspecified atom stereocenters. The van der Waals surface area contributed by atoms with E-state index < -0.39 is 11.9 Å². The average Bonchev–Trinajstić information content (AvgIpc) is 2.41. The summed E-state index contributed by atoms with van der Waals surface area (Å²) in [4.78, 5) is 22.9. The normalized spacial score (nSPS) is 20.2. The highest BCUT2D eigenvalue weighted by Crippen LogP contribution is 2.15. The van der Waals surface area contributed by atoms with Crippen molar-refractivity contribution in [3.63, 3.8) is 0 Å². The molecule has 0 atom stereocenters. The summed E-state index contributed by atoms with van der Waals surface area (Å²) in [7, 11) is 2.03. The van der Waals surface area contributed by atoms with Crippen molar-refractivity contribution in [2.24, 2.45) is 11.8 Å². The van der Waals surface area contributed by atoms with E-state index in [-0.39, 0.29) is 31.7 Å². The minimum Gasteiger partial charge on any atom is -0.481 e. The van der Waals surface area contributed by atoms with E-state index >= 15 is 0 Å². The maximum atomic E-state index is 10.4. The molecule has 0 bridgehead atoms. The Labute approximate surface area is 133 Å². The van der Waals surface area contributed by atoms with Crippen LogP contribution in [0.1, 0.15) is 33.1 Å². The van der Waals surface area contributed by atoms with Gasteiger partial charge in [-0.25, -0.2) is 0 Å². The molecule has 6 nitrogen and oxygen atoms in total. The molecule has 3 N–H and O–H groups in total. The molecule has 0 saturated carbocycles. The molecular formula is C14H29ClN2O4. The minimum atomic E-state index is -0.642. The number of aliphatic carboxylic acids is 2. The maximum Gasteiger partial charge on any atom is 0.306 e. The van der Waals surface area contributed by atoms with Gasteiger partial charge in [0.25, 0.3) is 0 Å². The van der Waals surface area contributed by atoms with E-state index in [1.807, 2.05) is 7.05 Å². The molecule has 2 aliphatic rings. The molecule has 0 aromatic carbocycles. The van der Waals surface area contributed by atoms with Gasteiger partial charge in [-0.15, -0.1) is 12.4 Å². The SMILES string of the molecule is C.CN1CCC(C(=O)O)CC1.Cl.O=C(O)C1CCNCC1. The lowest BCUT2D eigenvalue weighted by Crippen LogP contribution is -2.33. The second kappa shape index (κ2) is 11.8. The van der Waals surface area contributed by atoms with Crippen LogP contribution in [-0.4, -0.2) is 60.3 Å². The summed E-state index contributed by atoms with van der Waals surface area (Å²) < 4.78 is 0. The van der Waals surface area contributed by atoms with Gasteiger partial charge in [-0.1, -0.05) is 7.43 Å². The van der Waals surface area contributed by atoms with Gasteiger partial charge in [-0.3, -0.25) is 9.59 Å². The lowest BCUT2D eigenvalue weighted by Gasteiger charge is -2.25. The van der Waals surface area contributed by atoms with Gasteiger partial charge in [0.2, 0.25) is 0 Å². The third-order valence-electron chi connectivity index (χ3n) is 3.76. The summed E-state index contributed by atoms with van der Waals surface area (Å²) in [5.41, 5.74) is 0. The molecule has 2 fully saturated rings. The van der Waals surface area contributed by atoms with E-state index in [0.717, 1.165) is 51.9 Å². The quantitative estimate of drug-likeness (QED) is 0.714. The Bertz CT molecular complexity index is 301. The largest absolute Gasteiger partial charge is 0.481 e. The summed E-state index contributed by atoms with van der Waals surface area (Å²) in [6.07, 6.45) is 3.20. The number of carbonyl (C=O) groups is 2. The fourth-order valence-corrected chi connectivity index (χ4v) is 2.32. The van der Waals surface area contributed by atoms with Crippen LogP contribution in [0.3, 0.4) is 0 Å². The average molecular weight is 325 g/mol. The third-order valence-corrected chi connectivity index (χ3v) is 3.76. The molecule has 7 heteroatoms. The fourth-order valence-electron chi connectivity index (χ4n) is 2.32. The number of hydrogen-bond donors (Lipinski definition) is 3. The lowest BCUT2D eigenvalue weighted by molar-refractivity contribution is -0.143. The fraction of sp³-hybridized carbons (Fsp3) is 0.857. The smallest absolute Gasteiger partial charge is 0.306 e. The van der Waals surface area contributed by atoms with Gasteiger partial charge in [0.05, 0.1) is 11.8 Å². The molecule has 2 saturated heterocycles. The Balaban J connectivity index is 0. The molecular weight excluding hydrogens is 296 g/mol. The minimum absolute atomic E-state index is 0. The van der Waals surface area contributed by atoms with E-state index in [1.165, 1.54) is 0 Å². The third kappa shape index (κ3) is 8.90. The van der Waals surface area contributed by atoms with E-state index in [1.54, 1.807) is 0 Å². The molecule has 0 aliphatic carbocycles. The first-order chi connectivity index (χ1) is 9.00. The molecule has 2 heterocycles. The molecule has 126 valence electrons. The van der Waals surface area contributed by atoms with E-state index in [2.05, 4.69) is 10.2 Å². The number of hydrogen-bond acceptors (Lipinski definition) is 4. The van der Waals surface area contributed by atoms with Crippen molar-refractivity contribution in [3.05, 3.63) is 0 Å². The second-order valence-corrected chi connectivity index (χ2v) is 5.28. The first-order valence-electron chi connectivity index (χ1n) is 6.85. The van der Waals surface area contributed by atoms with Crippen LogP contribution in [0, 0.1) is 11.8 Å². The first-order valence-corrected chi connectivity index (χ1v) is 6.85. The molecule has 2 aliphatic heterocycles. The number of piperidine rings is 2. The zero-order valence-electron chi connectivity index (χ0n) is 11.9. The van der Waals surface area contributed by atoms with Crippen molar-refractivity contribution in [1.82, 2.24) is 10.2 Å². The van der Waals surface area contributed by atoms with Crippen molar-refractivity contribution < 1.29 is 19.8 Å². The molecule has 0 aromatic rings. The Morgan fingerprint density at radius 3 is 1.67 bits per heavy atom. The monoisotopic (exact) mass is 324 g/mol. The van der Waals surface area contributed by atoms with Crippen molar-refractivity contribution >= 4 is 24.3 Å². The molecule has 2 rings (SSSR count).